The van der Waals surface area contributed by atoms with Crippen LogP contribution in [0.15, 0.2) is 104 Å². The summed E-state index contributed by atoms with van der Waals surface area (Å²) in [6.07, 6.45) is 13.4. The number of carboxylic acids is 4. The van der Waals surface area contributed by atoms with Crippen LogP contribution in [0.4, 0.5) is 16.2 Å². The fourth-order valence-corrected chi connectivity index (χ4v) is 15.5. The molecule has 35 heteroatoms. The number of carbonyl (C=O) groups excluding carboxylic acids is 4. The van der Waals surface area contributed by atoms with Gasteiger partial charge in [-0.2, -0.15) is 29.8 Å². The van der Waals surface area contributed by atoms with Crippen LogP contribution in [0.25, 0.3) is 21.5 Å². The van der Waals surface area contributed by atoms with Gasteiger partial charge in [-0.1, -0.05) is 51.0 Å². The molecule has 4 aromatic rings. The molecule has 0 saturated heterocycles. The van der Waals surface area contributed by atoms with Gasteiger partial charge in [0.25, 0.3) is 30.4 Å². The molecular weight excluding hydrogens is 1420 g/mol. The maximum atomic E-state index is 13.0. The van der Waals surface area contributed by atoms with Crippen LogP contribution in [0.2, 0.25) is 0 Å². The van der Waals surface area contributed by atoms with Crippen LogP contribution in [0.3, 0.4) is 0 Å². The molecule has 2 aliphatic heterocycles. The molecule has 0 aliphatic carbocycles. The van der Waals surface area contributed by atoms with Crippen LogP contribution in [0.5, 0.6) is 0 Å². The van der Waals surface area contributed by atoms with Gasteiger partial charge in [0, 0.05) is 91.6 Å². The number of amides is 5. The molecule has 2 aliphatic rings. The molecular formula is C67H87N7O24S4. The summed E-state index contributed by atoms with van der Waals surface area (Å²) in [4.78, 5) is 94.9. The van der Waals surface area contributed by atoms with Crippen LogP contribution in [0, 0.1) is 0 Å². The van der Waals surface area contributed by atoms with Crippen molar-refractivity contribution in [3.63, 3.8) is 0 Å². The quantitative estimate of drug-likeness (QED) is 0.00928. The van der Waals surface area contributed by atoms with Crippen molar-refractivity contribution in [3.8, 4) is 0 Å². The molecule has 0 radical (unpaired) electrons. The minimum Gasteiger partial charge on any atom is -0.744 e. The predicted molar refractivity (Wildman–Crippen MR) is 371 cm³/mol. The van der Waals surface area contributed by atoms with Gasteiger partial charge < -0.3 is 56.5 Å². The predicted octanol–water partition coefficient (Wildman–Crippen LogP) is 6.94. The van der Waals surface area contributed by atoms with E-state index >= 15 is 0 Å². The molecule has 0 bridgehead atoms. The first kappa shape index (κ1) is 82.2. The third-order valence-corrected chi connectivity index (χ3v) is 21.2. The summed E-state index contributed by atoms with van der Waals surface area (Å²) < 4.78 is 145. The number of likely N-dealkylation sites (N-methyl/N-ethyl adjacent to an activating group) is 1. The Balaban J connectivity index is 0.990. The summed E-state index contributed by atoms with van der Waals surface area (Å²) in [7, 11) is -20.2. The van der Waals surface area contributed by atoms with Crippen molar-refractivity contribution in [1.29, 1.82) is 0 Å². The lowest BCUT2D eigenvalue weighted by molar-refractivity contribution is -0.438. The lowest BCUT2D eigenvalue weighted by Gasteiger charge is -2.26. The number of nitrogens with one attached hydrogen (secondary N) is 5. The average Bonchev–Trinajstić information content (AvgIpc) is 1.53. The standard InChI is InChI=1S/C67H87N7O24S4/c1-6-73-50-31-28-43-45(37-41(99(87,88)89)39-52(43)101(93,94)95)60(50)66(2,3)54(73)23-11-9-12-24-55-67(4,5)61-46-38-42(100(90,91)92)40-53(102(96,97)98)44(46)29-32-51(61)74(55)36-20-10-15-26-57(76)69-34-18-16-21-47(62(80)81)70-58(77)27-14-8-7-13-25-56(75)68-35-19-17-22-48(63(82)83)71-65(86)72-49(64(84)85)30-33-59(78)79/h9,11-12,23-24,28-29,31-32,37-40,47-49H,6-8,10,13-22,25-27,30,33-36H2,1-5H3,(H12-,68,69,70,71,72,75,76,77,78,79,80,81,82,83,84,85,86,87,88,89,90,91,92,93,94,95,96,97,98)/t47?,48-,49-/m0/s1. The van der Waals surface area contributed by atoms with Crippen molar-refractivity contribution in [2.45, 2.75) is 199 Å². The zero-order valence-electron chi connectivity index (χ0n) is 56.9. The Morgan fingerprint density at radius 2 is 1.00 bits per heavy atom. The minimum absolute atomic E-state index is 0.0102. The number of allylic oxidation sites excluding steroid dienone is 6. The third kappa shape index (κ3) is 21.7. The topological polar surface area (TPSA) is 504 Å². The second kappa shape index (κ2) is 35.0. The third-order valence-electron chi connectivity index (χ3n) is 17.8. The average molecular weight is 1500 g/mol. The van der Waals surface area contributed by atoms with E-state index in [1.165, 1.54) is 12.1 Å². The Hall–Kier alpha value is -8.71. The van der Waals surface area contributed by atoms with Gasteiger partial charge in [-0.3, -0.25) is 32.8 Å². The lowest BCUT2D eigenvalue weighted by atomic mass is 9.79. The first-order valence-corrected chi connectivity index (χ1v) is 38.7. The molecule has 0 spiro atoms. The zero-order chi connectivity index (χ0) is 75.9. The molecule has 4 aromatic carbocycles. The van der Waals surface area contributed by atoms with Gasteiger partial charge in [0.1, 0.15) is 39.7 Å². The van der Waals surface area contributed by atoms with Gasteiger partial charge in [-0.25, -0.2) is 27.6 Å². The molecule has 1 unspecified atom stereocenters. The number of aliphatic carboxylic acids is 4. The van der Waals surface area contributed by atoms with Crippen LogP contribution in [0.1, 0.15) is 161 Å². The molecule has 2 heterocycles. The first-order valence-electron chi connectivity index (χ1n) is 33.0. The summed E-state index contributed by atoms with van der Waals surface area (Å²) in [6.45, 7) is 10.4. The number of nitrogens with zero attached hydrogens (tertiary/aromatic N) is 2. The fourth-order valence-electron chi connectivity index (χ4n) is 12.8. The number of urea groups is 1. The van der Waals surface area contributed by atoms with E-state index in [1.807, 2.05) is 61.6 Å². The van der Waals surface area contributed by atoms with E-state index in [2.05, 4.69) is 21.3 Å². The Morgan fingerprint density at radius 1 is 0.520 bits per heavy atom. The van der Waals surface area contributed by atoms with E-state index in [4.69, 9.17) is 5.11 Å². The van der Waals surface area contributed by atoms with Crippen molar-refractivity contribution in [2.75, 3.05) is 31.1 Å². The number of carbonyl (C=O) groups is 8. The Bertz CT molecular complexity index is 4510. The van der Waals surface area contributed by atoms with Gasteiger partial charge in [0.2, 0.25) is 23.4 Å². The number of fused-ring (bicyclic) bond motifs is 6. The molecule has 102 heavy (non-hydrogen) atoms. The largest absolute Gasteiger partial charge is 0.744 e. The fraction of sp³-hybridized carbons (Fsp3) is 0.478. The lowest BCUT2D eigenvalue weighted by Crippen LogP contribution is -2.51. The molecule has 12 N–H and O–H groups in total. The normalized spacial score (nSPS) is 15.7. The number of anilines is 1. The highest BCUT2D eigenvalue weighted by atomic mass is 32.2. The molecule has 558 valence electrons. The van der Waals surface area contributed by atoms with Crippen LogP contribution in [-0.2, 0) is 84.9 Å². The van der Waals surface area contributed by atoms with E-state index in [-0.39, 0.29) is 85.0 Å². The van der Waals surface area contributed by atoms with E-state index in [0.717, 1.165) is 12.1 Å². The summed E-state index contributed by atoms with van der Waals surface area (Å²) in [5.74, 6) is -6.30. The van der Waals surface area contributed by atoms with Crippen LogP contribution >= 0.6 is 0 Å². The monoisotopic (exact) mass is 1500 g/mol. The SMILES string of the molecule is CCN1/C(=C/C=C/C=C/C2=[N+](CCCCCC(=O)NCCCCC(NC(=O)CCCCCCC(=O)NCCCC[C@H](NC(=O)N[C@@H](CCC(=O)O)C(=O)O)C(=O)O)C(=O)O)c3ccc4c(S(=O)(=O)O)cc(S(=O)(=O)O)cc4c3C2(C)C)C(C)(C)c2c1ccc1c(S(=O)(=O)[O-])cc(S(=O)(=O)O)cc21. The second-order valence-corrected chi connectivity index (χ2v) is 31.4. The highest BCUT2D eigenvalue weighted by Crippen LogP contribution is 2.52. The van der Waals surface area contributed by atoms with Gasteiger partial charge in [0.15, 0.2) is 5.71 Å². The number of carboxylic acid groups (broad SMARTS) is 4. The highest BCUT2D eigenvalue weighted by molar-refractivity contribution is 7.87. The van der Waals surface area contributed by atoms with E-state index in [0.29, 0.717) is 123 Å². The molecule has 31 nitrogen and oxygen atoms in total. The van der Waals surface area contributed by atoms with Gasteiger partial charge in [-0.05, 0) is 156 Å². The van der Waals surface area contributed by atoms with Crippen molar-refractivity contribution >= 4 is 127 Å². The van der Waals surface area contributed by atoms with Crippen molar-refractivity contribution in [1.82, 2.24) is 26.6 Å². The maximum Gasteiger partial charge on any atom is 0.326 e. The summed E-state index contributed by atoms with van der Waals surface area (Å²) in [6, 6.07) is 4.54. The van der Waals surface area contributed by atoms with Crippen molar-refractivity contribution < 1.29 is 115 Å². The van der Waals surface area contributed by atoms with Crippen molar-refractivity contribution in [2.24, 2.45) is 0 Å². The number of unbranched alkanes of at least 4 members (excludes halogenated alkanes) is 7. The number of rotatable bonds is 40. The number of benzene rings is 4. The number of hydrogen-bond donors (Lipinski definition) is 12. The van der Waals surface area contributed by atoms with E-state index in [1.54, 1.807) is 30.4 Å². The number of hydrogen-bond acceptors (Lipinski definition) is 18. The smallest absolute Gasteiger partial charge is 0.326 e. The minimum atomic E-state index is -5.22. The van der Waals surface area contributed by atoms with Gasteiger partial charge in [-0.15, -0.1) is 0 Å². The van der Waals surface area contributed by atoms with Gasteiger partial charge in [0.05, 0.1) is 20.1 Å². The molecule has 0 aromatic heterocycles. The maximum absolute atomic E-state index is 13.0. The summed E-state index contributed by atoms with van der Waals surface area (Å²) >= 11 is 0. The Morgan fingerprint density at radius 3 is 1.50 bits per heavy atom. The summed E-state index contributed by atoms with van der Waals surface area (Å²) in [5, 5.41) is 49.8. The molecule has 5 amide bonds. The molecule has 6 rings (SSSR count). The van der Waals surface area contributed by atoms with E-state index in [9.17, 15) is 106 Å². The summed E-state index contributed by atoms with van der Waals surface area (Å²) in [5.41, 5.74) is 1.55. The van der Waals surface area contributed by atoms with Crippen LogP contribution < -0.4 is 31.5 Å². The molecule has 0 fully saturated rings. The van der Waals surface area contributed by atoms with Gasteiger partial charge >= 0.3 is 29.9 Å². The van der Waals surface area contributed by atoms with Crippen LogP contribution in [-0.4, -0.2) is 175 Å². The Kier molecular flexibility index (Phi) is 28.2. The first-order chi connectivity index (χ1) is 47.6. The molecule has 3 atom stereocenters. The molecule has 0 saturated carbocycles. The van der Waals surface area contributed by atoms with Crippen molar-refractivity contribution in [3.05, 3.63) is 95.7 Å². The second-order valence-electron chi connectivity index (χ2n) is 25.9. The zero-order valence-corrected chi connectivity index (χ0v) is 60.2. The Labute approximate surface area is 591 Å². The highest BCUT2D eigenvalue weighted by Gasteiger charge is 2.47. The van der Waals surface area contributed by atoms with E-state index < -0.39 is 138 Å².